The van der Waals surface area contributed by atoms with Gasteiger partial charge in [-0.2, -0.15) is 5.26 Å². The summed E-state index contributed by atoms with van der Waals surface area (Å²) in [7, 11) is 0. The topological polar surface area (TPSA) is 49.8 Å². The molecule has 1 heterocycles. The number of nitrogens with two attached hydrogens (primary N) is 1. The lowest BCUT2D eigenvalue weighted by molar-refractivity contribution is 1.44. The zero-order valence-electron chi connectivity index (χ0n) is 17.1. The number of allylic oxidation sites excluding steroid dienone is 3. The molecule has 0 aliphatic heterocycles. The highest BCUT2D eigenvalue weighted by Crippen LogP contribution is 2.40. The molecule has 2 N–H and O–H groups in total. The van der Waals surface area contributed by atoms with Crippen molar-refractivity contribution in [2.45, 2.75) is 6.92 Å². The molecular weight excluding hydrogens is 396 g/mol. The van der Waals surface area contributed by atoms with Gasteiger partial charge in [0.1, 0.15) is 0 Å². The van der Waals surface area contributed by atoms with Crippen molar-refractivity contribution in [2.24, 2.45) is 5.73 Å². The predicted octanol–water partition coefficient (Wildman–Crippen LogP) is 7.64. The van der Waals surface area contributed by atoms with E-state index >= 15 is 0 Å². The quantitative estimate of drug-likeness (QED) is 0.243. The number of benzene rings is 4. The van der Waals surface area contributed by atoms with Crippen molar-refractivity contribution < 1.29 is 0 Å². The Morgan fingerprint density at radius 1 is 0.871 bits per heavy atom. The summed E-state index contributed by atoms with van der Waals surface area (Å²) >= 11 is 1.84. The Balaban J connectivity index is 1.69. The van der Waals surface area contributed by atoms with Crippen molar-refractivity contribution in [3.63, 3.8) is 0 Å². The van der Waals surface area contributed by atoms with Crippen LogP contribution in [-0.4, -0.2) is 0 Å². The van der Waals surface area contributed by atoms with E-state index < -0.39 is 0 Å². The average molecular weight is 417 g/mol. The standard InChI is InChI=1S/C28H20N2S/c1-18(16-29)13-23(17-30)21-7-4-6-20(14-21)22-10-11-26-25(15-22)28-24-8-3-2-5-19(24)9-12-27(28)31-26/h2-15,17H,30H2,1H3/b18-13+,23-17+. The Bertz CT molecular complexity index is 1560. The summed E-state index contributed by atoms with van der Waals surface area (Å²) < 4.78 is 2.60. The van der Waals surface area contributed by atoms with E-state index in [2.05, 4.69) is 72.8 Å². The van der Waals surface area contributed by atoms with Gasteiger partial charge in [0.05, 0.1) is 6.07 Å². The molecule has 148 valence electrons. The smallest absolute Gasteiger partial charge is 0.0944 e. The van der Waals surface area contributed by atoms with Gasteiger partial charge in [-0.3, -0.25) is 0 Å². The molecule has 0 atom stereocenters. The minimum absolute atomic E-state index is 0.625. The molecule has 0 amide bonds. The number of hydrogen-bond acceptors (Lipinski definition) is 3. The fourth-order valence-corrected chi connectivity index (χ4v) is 5.20. The van der Waals surface area contributed by atoms with Crippen LogP contribution >= 0.6 is 11.3 Å². The summed E-state index contributed by atoms with van der Waals surface area (Å²) in [6, 6.07) is 30.2. The Hall–Kier alpha value is -3.87. The summed E-state index contributed by atoms with van der Waals surface area (Å²) in [5, 5.41) is 14.3. The summed E-state index contributed by atoms with van der Waals surface area (Å²) in [4.78, 5) is 0. The SMILES string of the molecule is C/C(C#N)=C\C(=C/N)c1cccc(-c2ccc3sc4ccc5ccccc5c4c3c2)c1. The van der Waals surface area contributed by atoms with Crippen LogP contribution in [0.15, 0.2) is 96.7 Å². The van der Waals surface area contributed by atoms with Gasteiger partial charge in [-0.15, -0.1) is 11.3 Å². The van der Waals surface area contributed by atoms with Crippen LogP contribution in [0.2, 0.25) is 0 Å². The molecule has 1 aromatic heterocycles. The molecule has 0 aliphatic rings. The van der Waals surface area contributed by atoms with Gasteiger partial charge in [-0.05, 0) is 70.3 Å². The molecule has 5 aromatic rings. The summed E-state index contributed by atoms with van der Waals surface area (Å²) in [6.45, 7) is 1.79. The van der Waals surface area contributed by atoms with E-state index in [1.165, 1.54) is 36.5 Å². The first kappa shape index (κ1) is 19.1. The molecule has 0 bridgehead atoms. The third kappa shape index (κ3) is 3.38. The third-order valence-corrected chi connectivity index (χ3v) is 6.75. The molecule has 0 saturated carbocycles. The summed E-state index contributed by atoms with van der Waals surface area (Å²) in [6.07, 6.45) is 3.38. The maximum atomic E-state index is 9.12. The molecule has 0 fully saturated rings. The zero-order valence-corrected chi connectivity index (χ0v) is 17.9. The van der Waals surface area contributed by atoms with Crippen LogP contribution in [-0.2, 0) is 0 Å². The molecule has 0 unspecified atom stereocenters. The summed E-state index contributed by atoms with van der Waals surface area (Å²) in [5.41, 5.74) is 10.6. The molecule has 2 nitrogen and oxygen atoms in total. The molecule has 0 spiro atoms. The molecular formula is C28H20N2S. The van der Waals surface area contributed by atoms with Gasteiger partial charge in [-0.25, -0.2) is 0 Å². The van der Waals surface area contributed by atoms with Crippen LogP contribution < -0.4 is 5.73 Å². The number of rotatable bonds is 3. The van der Waals surface area contributed by atoms with Crippen molar-refractivity contribution in [3.8, 4) is 17.2 Å². The largest absolute Gasteiger partial charge is 0.404 e. The first-order valence-electron chi connectivity index (χ1n) is 10.1. The highest BCUT2D eigenvalue weighted by atomic mass is 32.1. The van der Waals surface area contributed by atoms with Gasteiger partial charge in [0.2, 0.25) is 0 Å². The lowest BCUT2D eigenvalue weighted by Crippen LogP contribution is -1.89. The van der Waals surface area contributed by atoms with Crippen LogP contribution in [0, 0.1) is 11.3 Å². The number of nitrogens with zero attached hydrogens (tertiary/aromatic N) is 1. The molecule has 3 heteroatoms. The maximum Gasteiger partial charge on any atom is 0.0944 e. The molecule has 0 saturated heterocycles. The van der Waals surface area contributed by atoms with E-state index in [9.17, 15) is 0 Å². The molecule has 0 aliphatic carbocycles. The monoisotopic (exact) mass is 416 g/mol. The lowest BCUT2D eigenvalue weighted by Gasteiger charge is -2.08. The normalized spacial score (nSPS) is 12.5. The lowest BCUT2D eigenvalue weighted by atomic mass is 9.97. The number of nitriles is 1. The van der Waals surface area contributed by atoms with Crippen LogP contribution in [0.3, 0.4) is 0 Å². The molecule has 5 rings (SSSR count). The highest BCUT2D eigenvalue weighted by molar-refractivity contribution is 7.26. The summed E-state index contributed by atoms with van der Waals surface area (Å²) in [5.74, 6) is 0. The number of fused-ring (bicyclic) bond motifs is 5. The van der Waals surface area contributed by atoms with Gasteiger partial charge in [0.25, 0.3) is 0 Å². The van der Waals surface area contributed by atoms with E-state index in [1.807, 2.05) is 29.5 Å². The molecule has 0 radical (unpaired) electrons. The van der Waals surface area contributed by atoms with Gasteiger partial charge >= 0.3 is 0 Å². The van der Waals surface area contributed by atoms with Crippen molar-refractivity contribution in [1.29, 1.82) is 5.26 Å². The first-order valence-corrected chi connectivity index (χ1v) is 10.9. The van der Waals surface area contributed by atoms with Crippen molar-refractivity contribution in [2.75, 3.05) is 0 Å². The van der Waals surface area contributed by atoms with Crippen LogP contribution in [0.1, 0.15) is 12.5 Å². The second-order valence-corrected chi connectivity index (χ2v) is 8.70. The van der Waals surface area contributed by atoms with Gasteiger partial charge in [0.15, 0.2) is 0 Å². The van der Waals surface area contributed by atoms with Crippen LogP contribution in [0.4, 0.5) is 0 Å². The minimum Gasteiger partial charge on any atom is -0.404 e. The maximum absolute atomic E-state index is 9.12. The van der Waals surface area contributed by atoms with Crippen molar-refractivity contribution in [1.82, 2.24) is 0 Å². The highest BCUT2D eigenvalue weighted by Gasteiger charge is 2.10. The Morgan fingerprint density at radius 2 is 1.68 bits per heavy atom. The average Bonchev–Trinajstić information content (AvgIpc) is 3.20. The Morgan fingerprint density at radius 3 is 2.52 bits per heavy atom. The predicted molar refractivity (Wildman–Crippen MR) is 134 cm³/mol. The minimum atomic E-state index is 0.625. The van der Waals surface area contributed by atoms with Crippen molar-refractivity contribution in [3.05, 3.63) is 102 Å². The third-order valence-electron chi connectivity index (χ3n) is 5.62. The van der Waals surface area contributed by atoms with Crippen LogP contribution in [0.5, 0.6) is 0 Å². The van der Waals surface area contributed by atoms with Gasteiger partial charge < -0.3 is 5.73 Å². The Kier molecular flexibility index (Phi) is 4.78. The first-order chi connectivity index (χ1) is 15.2. The van der Waals surface area contributed by atoms with Gasteiger partial charge in [0, 0.05) is 31.9 Å². The fraction of sp³-hybridized carbons (Fsp3) is 0.0357. The molecule has 4 aromatic carbocycles. The van der Waals surface area contributed by atoms with E-state index in [1.54, 1.807) is 13.1 Å². The number of hydrogen-bond donors (Lipinski definition) is 1. The number of thiophene rings is 1. The van der Waals surface area contributed by atoms with Crippen molar-refractivity contribution >= 4 is 47.9 Å². The van der Waals surface area contributed by atoms with Crippen LogP contribution in [0.25, 0.3) is 47.6 Å². The molecule has 31 heavy (non-hydrogen) atoms. The van der Waals surface area contributed by atoms with E-state index in [4.69, 9.17) is 11.0 Å². The van der Waals surface area contributed by atoms with E-state index in [-0.39, 0.29) is 0 Å². The van der Waals surface area contributed by atoms with Gasteiger partial charge in [-0.1, -0.05) is 54.6 Å². The van der Waals surface area contributed by atoms with E-state index in [0.717, 1.165) is 16.7 Å². The zero-order chi connectivity index (χ0) is 21.4. The second-order valence-electron chi connectivity index (χ2n) is 7.61. The van der Waals surface area contributed by atoms with E-state index in [0.29, 0.717) is 5.57 Å². The Labute approximate surface area is 185 Å². The fourth-order valence-electron chi connectivity index (χ4n) is 4.10. The second kappa shape index (κ2) is 7.75.